The number of allylic oxidation sites excluding steroid dienone is 10. The molecule has 0 saturated carbocycles. The Bertz CT molecular complexity index is 1860. The minimum absolute atomic E-state index is 0.199. The van der Waals surface area contributed by atoms with Crippen LogP contribution in [0.15, 0.2) is 60.8 Å². The molecule has 2 fully saturated rings. The number of aliphatic hydroxyl groups is 8. The molecule has 0 aromatic heterocycles. The van der Waals surface area contributed by atoms with Gasteiger partial charge in [-0.3, -0.25) is 4.79 Å². The predicted octanol–water partition coefficient (Wildman–Crippen LogP) is 18.7. The molecule has 9 N–H and O–H groups in total. The molecule has 2 aliphatic heterocycles. The van der Waals surface area contributed by atoms with Crippen LogP contribution in [-0.4, -0.2) is 140 Å². The first kappa shape index (κ1) is 90.8. The van der Waals surface area contributed by atoms with Crippen LogP contribution in [0.5, 0.6) is 0 Å². The first-order valence-corrected chi connectivity index (χ1v) is 41.0. The van der Waals surface area contributed by atoms with Crippen molar-refractivity contribution in [1.29, 1.82) is 0 Å². The molecule has 0 aromatic carbocycles. The average molecular weight is 1370 g/mol. The maximum absolute atomic E-state index is 13.4. The van der Waals surface area contributed by atoms with Crippen LogP contribution in [0.1, 0.15) is 367 Å². The van der Waals surface area contributed by atoms with E-state index in [1.54, 1.807) is 0 Å². The van der Waals surface area contributed by atoms with Crippen molar-refractivity contribution < 1.29 is 64.6 Å². The van der Waals surface area contributed by atoms with Crippen molar-refractivity contribution in [1.82, 2.24) is 5.32 Å². The number of hydrogen-bond acceptors (Lipinski definition) is 13. The highest BCUT2D eigenvalue weighted by Gasteiger charge is 2.51. The van der Waals surface area contributed by atoms with E-state index in [9.17, 15) is 45.6 Å². The molecule has 2 heterocycles. The summed E-state index contributed by atoms with van der Waals surface area (Å²) in [7, 11) is 0. The number of rotatable bonds is 69. The molecule has 0 bridgehead atoms. The van der Waals surface area contributed by atoms with Gasteiger partial charge in [-0.15, -0.1) is 0 Å². The van der Waals surface area contributed by atoms with E-state index in [0.29, 0.717) is 12.8 Å². The molecule has 0 aliphatic carbocycles. The summed E-state index contributed by atoms with van der Waals surface area (Å²) in [5.41, 5.74) is 0. The lowest BCUT2D eigenvalue weighted by Crippen LogP contribution is -2.65. The molecular formula is C83H153NO13. The van der Waals surface area contributed by atoms with Gasteiger partial charge in [0.2, 0.25) is 5.91 Å². The van der Waals surface area contributed by atoms with E-state index in [0.717, 1.165) is 83.5 Å². The molecule has 2 aliphatic rings. The first-order valence-electron chi connectivity index (χ1n) is 41.0. The van der Waals surface area contributed by atoms with E-state index >= 15 is 0 Å². The summed E-state index contributed by atoms with van der Waals surface area (Å²) in [5, 5.41) is 87.9. The molecule has 2 rings (SSSR count). The van der Waals surface area contributed by atoms with E-state index in [1.807, 2.05) is 0 Å². The van der Waals surface area contributed by atoms with Gasteiger partial charge in [-0.2, -0.15) is 0 Å². The number of carbonyl (C=O) groups is 1. The molecule has 0 aromatic rings. The Hall–Kier alpha value is -2.31. The Labute approximate surface area is 594 Å². The minimum atomic E-state index is -1.78. The zero-order chi connectivity index (χ0) is 70.1. The van der Waals surface area contributed by atoms with Gasteiger partial charge >= 0.3 is 0 Å². The third-order valence-corrected chi connectivity index (χ3v) is 20.0. The van der Waals surface area contributed by atoms with Gasteiger partial charge in [-0.1, -0.05) is 364 Å². The molecule has 0 spiro atoms. The van der Waals surface area contributed by atoms with Crippen molar-refractivity contribution in [2.45, 2.75) is 441 Å². The molecule has 14 nitrogen and oxygen atoms in total. The van der Waals surface area contributed by atoms with Crippen LogP contribution in [0, 0.1) is 0 Å². The Balaban J connectivity index is 1.57. The van der Waals surface area contributed by atoms with E-state index in [4.69, 9.17) is 18.9 Å². The van der Waals surface area contributed by atoms with Crippen molar-refractivity contribution in [2.24, 2.45) is 0 Å². The fourth-order valence-corrected chi connectivity index (χ4v) is 13.6. The lowest BCUT2D eigenvalue weighted by molar-refractivity contribution is -0.359. The van der Waals surface area contributed by atoms with Gasteiger partial charge in [0.15, 0.2) is 12.6 Å². The highest BCUT2D eigenvalue weighted by atomic mass is 16.7. The maximum Gasteiger partial charge on any atom is 0.220 e. The van der Waals surface area contributed by atoms with E-state index < -0.39 is 86.8 Å². The average Bonchev–Trinajstić information content (AvgIpc) is 0.794. The molecular weight excluding hydrogens is 1220 g/mol. The molecule has 2 saturated heterocycles. The summed E-state index contributed by atoms with van der Waals surface area (Å²) >= 11 is 0. The van der Waals surface area contributed by atoms with Crippen LogP contribution in [-0.2, 0) is 23.7 Å². The van der Waals surface area contributed by atoms with Crippen molar-refractivity contribution in [3.8, 4) is 0 Å². The van der Waals surface area contributed by atoms with Crippen LogP contribution >= 0.6 is 0 Å². The van der Waals surface area contributed by atoms with Crippen LogP contribution in [0.2, 0.25) is 0 Å². The second-order valence-electron chi connectivity index (χ2n) is 28.9. The summed E-state index contributed by atoms with van der Waals surface area (Å²) in [4.78, 5) is 13.4. The lowest BCUT2D eigenvalue weighted by atomic mass is 9.97. The van der Waals surface area contributed by atoms with Crippen molar-refractivity contribution in [3.05, 3.63) is 60.8 Å². The predicted molar refractivity (Wildman–Crippen MR) is 401 cm³/mol. The number of ether oxygens (including phenoxy) is 4. The molecule has 14 heteroatoms. The standard InChI is InChI=1S/C83H153NO13/c1-3-5-7-9-11-13-15-17-19-21-23-25-27-29-30-31-32-33-34-35-36-37-38-39-40-41-42-43-45-47-49-51-53-55-57-59-61-63-65-67-75(88)84-71(70-94-82-80(93)78(91)81(74(69-86)96-82)97-83-79(92)77(90)76(89)73(68-85)95-83)72(87)66-64-62-60-58-56-54-52-50-48-46-44-28-26-24-22-20-18-16-14-12-10-8-6-4-2/h5,7,11,13,17,19,23,25,29-30,71-74,76-83,85-87,89-93H,3-4,6,8-10,12,14-16,18,20-22,24,26-28,31-70H2,1-2H3,(H,84,88)/b7-5-,13-11-,19-17-,25-23-,30-29-. The van der Waals surface area contributed by atoms with Crippen molar-refractivity contribution in [2.75, 3.05) is 19.8 Å². The number of unbranched alkanes of at least 4 members (excludes halogenated alkanes) is 46. The topological polar surface area (TPSA) is 228 Å². The van der Waals surface area contributed by atoms with Gasteiger partial charge in [0.25, 0.3) is 0 Å². The second kappa shape index (κ2) is 66.9. The number of nitrogens with one attached hydrogen (secondary N) is 1. The third-order valence-electron chi connectivity index (χ3n) is 20.0. The number of carbonyl (C=O) groups excluding carboxylic acids is 1. The Morgan fingerprint density at radius 1 is 0.381 bits per heavy atom. The van der Waals surface area contributed by atoms with Gasteiger partial charge < -0.3 is 65.1 Å². The fraction of sp³-hybridized carbons (Fsp3) is 0.867. The van der Waals surface area contributed by atoms with Crippen LogP contribution in [0.25, 0.3) is 0 Å². The summed E-state index contributed by atoms with van der Waals surface area (Å²) < 4.78 is 23.0. The zero-order valence-electron chi connectivity index (χ0n) is 62.3. The monoisotopic (exact) mass is 1370 g/mol. The SMILES string of the molecule is CC/C=C\C/C=C\C/C=C\C/C=C\C/C=C\CCCCCCCCCCCCCCCCCCCCCCCCCC(=O)NC(COC1OC(CO)C(OC2OC(CO)C(O)C(O)C2O)C(O)C1O)C(O)CCCCCCCCCCCCCCCCCCCCCCCCCC. The highest BCUT2D eigenvalue weighted by Crippen LogP contribution is 2.30. The van der Waals surface area contributed by atoms with Gasteiger partial charge in [-0.25, -0.2) is 0 Å². The van der Waals surface area contributed by atoms with E-state index in [-0.39, 0.29) is 12.5 Å². The van der Waals surface area contributed by atoms with E-state index in [1.165, 1.54) is 257 Å². The van der Waals surface area contributed by atoms with Gasteiger partial charge in [0, 0.05) is 6.42 Å². The third kappa shape index (κ3) is 49.9. The number of aliphatic hydroxyl groups excluding tert-OH is 8. The zero-order valence-corrected chi connectivity index (χ0v) is 62.3. The summed E-state index contributed by atoms with van der Waals surface area (Å²) in [6.45, 7) is 2.81. The highest BCUT2D eigenvalue weighted by molar-refractivity contribution is 5.76. The smallest absolute Gasteiger partial charge is 0.220 e. The van der Waals surface area contributed by atoms with Crippen LogP contribution in [0.3, 0.4) is 0 Å². The Kier molecular flexibility index (Phi) is 62.6. The van der Waals surface area contributed by atoms with Crippen LogP contribution in [0.4, 0.5) is 0 Å². The molecule has 97 heavy (non-hydrogen) atoms. The molecule has 568 valence electrons. The van der Waals surface area contributed by atoms with Gasteiger partial charge in [-0.05, 0) is 57.8 Å². The first-order chi connectivity index (χ1) is 47.6. The summed E-state index contributed by atoms with van der Waals surface area (Å²) in [6.07, 6.45) is 74.1. The quantitative estimate of drug-likeness (QED) is 0.0204. The van der Waals surface area contributed by atoms with Crippen LogP contribution < -0.4 is 5.32 Å². The second-order valence-corrected chi connectivity index (χ2v) is 28.9. The fourth-order valence-electron chi connectivity index (χ4n) is 13.6. The maximum atomic E-state index is 13.4. The number of hydrogen-bond donors (Lipinski definition) is 9. The van der Waals surface area contributed by atoms with Crippen molar-refractivity contribution in [3.63, 3.8) is 0 Å². The number of amides is 1. The minimum Gasteiger partial charge on any atom is -0.394 e. The largest absolute Gasteiger partial charge is 0.394 e. The van der Waals surface area contributed by atoms with Gasteiger partial charge in [0.1, 0.15) is 48.8 Å². The molecule has 12 atom stereocenters. The van der Waals surface area contributed by atoms with E-state index in [2.05, 4.69) is 79.9 Å². The van der Waals surface area contributed by atoms with Crippen molar-refractivity contribution >= 4 is 5.91 Å². The summed E-state index contributed by atoms with van der Waals surface area (Å²) in [5.74, 6) is -0.199. The normalized spacial score (nSPS) is 22.4. The Morgan fingerprint density at radius 2 is 0.711 bits per heavy atom. The summed E-state index contributed by atoms with van der Waals surface area (Å²) in [6, 6.07) is -0.830. The molecule has 0 radical (unpaired) electrons. The lowest BCUT2D eigenvalue weighted by Gasteiger charge is -2.46. The van der Waals surface area contributed by atoms with Gasteiger partial charge in [0.05, 0.1) is 32.0 Å². The molecule has 1 amide bonds. The molecule has 12 unspecified atom stereocenters. The Morgan fingerprint density at radius 3 is 1.09 bits per heavy atom.